The topological polar surface area (TPSA) is 180 Å². The van der Waals surface area contributed by atoms with E-state index < -0.39 is 40.3 Å². The number of aliphatic carboxylic acids is 1. The fourth-order valence-electron chi connectivity index (χ4n) is 4.61. The minimum Gasteiger partial charge on any atom is -0.480 e. The summed E-state index contributed by atoms with van der Waals surface area (Å²) in [5.41, 5.74) is 12.5. The van der Waals surface area contributed by atoms with Crippen LogP contribution in [0.5, 0.6) is 0 Å². The first kappa shape index (κ1) is 26.4. The molecular formula is C22H36N6O5S. The molecule has 11 nitrogen and oxygen atoms in total. The van der Waals surface area contributed by atoms with Gasteiger partial charge >= 0.3 is 5.97 Å². The van der Waals surface area contributed by atoms with Crippen molar-refractivity contribution >= 4 is 27.6 Å². The van der Waals surface area contributed by atoms with Gasteiger partial charge in [-0.1, -0.05) is 19.1 Å². The maximum atomic E-state index is 13.4. The highest BCUT2D eigenvalue weighted by molar-refractivity contribution is 7.89. The average molecular weight is 497 g/mol. The third kappa shape index (κ3) is 6.45. The molecule has 0 bridgehead atoms. The van der Waals surface area contributed by atoms with Crippen LogP contribution in [0.4, 0.5) is 5.69 Å². The lowest BCUT2D eigenvalue weighted by atomic mass is 9.96. The highest BCUT2D eigenvalue weighted by Gasteiger charge is 2.37. The van der Waals surface area contributed by atoms with E-state index in [9.17, 15) is 23.1 Å². The van der Waals surface area contributed by atoms with E-state index >= 15 is 0 Å². The minimum atomic E-state index is -4.07. The molecule has 1 saturated heterocycles. The van der Waals surface area contributed by atoms with Crippen LogP contribution in [-0.4, -0.2) is 68.3 Å². The summed E-state index contributed by atoms with van der Waals surface area (Å²) in [5, 5.41) is 15.6. The van der Waals surface area contributed by atoms with E-state index in [1.54, 1.807) is 6.07 Å². The third-order valence-electron chi connectivity index (χ3n) is 6.31. The quantitative estimate of drug-likeness (QED) is 0.192. The van der Waals surface area contributed by atoms with Gasteiger partial charge in [-0.2, -0.15) is 4.72 Å². The number of likely N-dealkylation sites (tertiary alicyclic amines) is 1. The molecule has 0 aliphatic carbocycles. The molecule has 0 saturated carbocycles. The number of fused-ring (bicyclic) bond motifs is 1. The Morgan fingerprint density at radius 2 is 2.06 bits per heavy atom. The molecule has 34 heavy (non-hydrogen) atoms. The van der Waals surface area contributed by atoms with Gasteiger partial charge in [0.25, 0.3) is 0 Å². The van der Waals surface area contributed by atoms with Gasteiger partial charge < -0.3 is 26.8 Å². The van der Waals surface area contributed by atoms with Crippen molar-refractivity contribution < 1.29 is 23.1 Å². The number of carbonyl (C=O) groups is 2. The van der Waals surface area contributed by atoms with Crippen LogP contribution in [0.15, 0.2) is 23.1 Å². The van der Waals surface area contributed by atoms with Crippen molar-refractivity contribution in [3.8, 4) is 0 Å². The van der Waals surface area contributed by atoms with Gasteiger partial charge in [0.2, 0.25) is 15.9 Å². The predicted octanol–water partition coefficient (Wildman–Crippen LogP) is -0.0259. The second-order valence-corrected chi connectivity index (χ2v) is 10.8. The van der Waals surface area contributed by atoms with Crippen LogP contribution in [0.1, 0.15) is 44.6 Å². The molecule has 12 heteroatoms. The number of nitrogens with zero attached hydrogens (tertiary/aromatic N) is 1. The SMILES string of the molecule is CC1CNc2c(cccc2S(=O)(=O)N[C@@H](CCCNC(N)N)C(=O)N2CCCCC2C(=O)O)C1. The number of benzene rings is 1. The number of anilines is 1. The lowest BCUT2D eigenvalue weighted by Crippen LogP contribution is -2.55. The molecule has 0 radical (unpaired) electrons. The maximum Gasteiger partial charge on any atom is 0.326 e. The van der Waals surface area contributed by atoms with Crippen molar-refractivity contribution in [2.24, 2.45) is 17.4 Å². The zero-order chi connectivity index (χ0) is 24.9. The van der Waals surface area contributed by atoms with Gasteiger partial charge in [-0.05, 0) is 62.6 Å². The molecule has 3 atom stereocenters. The molecule has 3 rings (SSSR count). The van der Waals surface area contributed by atoms with E-state index in [4.69, 9.17) is 11.5 Å². The van der Waals surface area contributed by atoms with Crippen molar-refractivity contribution in [1.29, 1.82) is 0 Å². The van der Waals surface area contributed by atoms with Gasteiger partial charge in [0.1, 0.15) is 23.3 Å². The number of rotatable bonds is 10. The molecule has 1 amide bonds. The monoisotopic (exact) mass is 496 g/mol. The Hall–Kier alpha value is -2.25. The van der Waals surface area contributed by atoms with Crippen LogP contribution in [0, 0.1) is 5.92 Å². The first-order valence-electron chi connectivity index (χ1n) is 11.8. The van der Waals surface area contributed by atoms with Crippen LogP contribution in [0.3, 0.4) is 0 Å². The molecule has 2 unspecified atom stereocenters. The number of carboxylic acids is 1. The number of hydrogen-bond acceptors (Lipinski definition) is 8. The van der Waals surface area contributed by atoms with Gasteiger partial charge in [0.15, 0.2) is 0 Å². The lowest BCUT2D eigenvalue weighted by molar-refractivity contribution is -0.152. The summed E-state index contributed by atoms with van der Waals surface area (Å²) < 4.78 is 29.5. The number of para-hydroxylation sites is 1. The molecule has 0 aromatic heterocycles. The molecule has 1 aromatic rings. The van der Waals surface area contributed by atoms with Crippen LogP contribution in [0.2, 0.25) is 0 Å². The fourth-order valence-corrected chi connectivity index (χ4v) is 6.06. The van der Waals surface area contributed by atoms with Crippen molar-refractivity contribution in [3.05, 3.63) is 23.8 Å². The molecule has 0 spiro atoms. The average Bonchev–Trinajstić information content (AvgIpc) is 2.79. The Bertz CT molecular complexity index is 986. The normalized spacial score (nSPS) is 21.6. The van der Waals surface area contributed by atoms with Crippen LogP contribution >= 0.6 is 0 Å². The molecular weight excluding hydrogens is 460 g/mol. The number of hydrogen-bond donors (Lipinski definition) is 6. The molecule has 2 heterocycles. The molecule has 2 aliphatic rings. The number of piperidine rings is 1. The molecule has 1 aromatic carbocycles. The molecule has 8 N–H and O–H groups in total. The number of carboxylic acid groups (broad SMARTS) is 1. The Morgan fingerprint density at radius 1 is 1.29 bits per heavy atom. The van der Waals surface area contributed by atoms with E-state index in [1.165, 1.54) is 11.0 Å². The van der Waals surface area contributed by atoms with Crippen molar-refractivity contribution in [1.82, 2.24) is 14.9 Å². The summed E-state index contributed by atoms with van der Waals surface area (Å²) in [6, 6.07) is 3.03. The smallest absolute Gasteiger partial charge is 0.326 e. The molecule has 190 valence electrons. The zero-order valence-electron chi connectivity index (χ0n) is 19.5. The summed E-state index contributed by atoms with van der Waals surface area (Å²) in [5.74, 6) is -1.24. The third-order valence-corrected chi connectivity index (χ3v) is 7.83. The number of carbonyl (C=O) groups excluding carboxylic acids is 1. The van der Waals surface area contributed by atoms with E-state index in [-0.39, 0.29) is 17.9 Å². The Kier molecular flexibility index (Phi) is 8.88. The zero-order valence-corrected chi connectivity index (χ0v) is 20.3. The van der Waals surface area contributed by atoms with Gasteiger partial charge in [-0.3, -0.25) is 10.1 Å². The minimum absolute atomic E-state index is 0.0882. The number of nitrogens with one attached hydrogen (secondary N) is 3. The predicted molar refractivity (Wildman–Crippen MR) is 128 cm³/mol. The first-order valence-corrected chi connectivity index (χ1v) is 13.2. The van der Waals surface area contributed by atoms with Gasteiger partial charge in [-0.25, -0.2) is 13.2 Å². The van der Waals surface area contributed by atoms with Gasteiger partial charge in [-0.15, -0.1) is 0 Å². The number of nitrogens with two attached hydrogens (primary N) is 2. The van der Waals surface area contributed by atoms with Crippen molar-refractivity contribution in [2.75, 3.05) is 25.0 Å². The maximum absolute atomic E-state index is 13.4. The Labute approximate surface area is 200 Å². The summed E-state index contributed by atoms with van der Waals surface area (Å²) in [6.45, 7) is 3.40. The van der Waals surface area contributed by atoms with Crippen LogP contribution < -0.4 is 26.8 Å². The standard InChI is InChI=1S/C22H36N6O5S/c1-14-12-15-6-4-9-18(19(15)26-13-14)34(32,33)27-16(7-5-10-25-22(23)24)20(29)28-11-3-2-8-17(28)21(30)31/h4,6,9,14,16-17,22,25-27H,2-3,5,7-8,10-13,23-24H2,1H3,(H,30,31)/t14?,16-,17?/m0/s1. The fraction of sp³-hybridized carbons (Fsp3) is 0.636. The molecule has 2 aliphatic heterocycles. The van der Waals surface area contributed by atoms with Crippen LogP contribution in [-0.2, 0) is 26.0 Å². The highest BCUT2D eigenvalue weighted by Crippen LogP contribution is 2.31. The first-order chi connectivity index (χ1) is 16.1. The number of amides is 1. The van der Waals surface area contributed by atoms with E-state index in [2.05, 4.69) is 22.3 Å². The van der Waals surface area contributed by atoms with Crippen LogP contribution in [0.25, 0.3) is 0 Å². The van der Waals surface area contributed by atoms with Crippen molar-refractivity contribution in [3.63, 3.8) is 0 Å². The second kappa shape index (κ2) is 11.5. The number of sulfonamides is 1. The summed E-state index contributed by atoms with van der Waals surface area (Å²) in [4.78, 5) is 26.6. The lowest BCUT2D eigenvalue weighted by Gasteiger charge is -2.35. The summed E-state index contributed by atoms with van der Waals surface area (Å²) in [6.07, 6.45) is 2.33. The van der Waals surface area contributed by atoms with E-state index in [1.807, 2.05) is 6.07 Å². The summed E-state index contributed by atoms with van der Waals surface area (Å²) in [7, 11) is -4.07. The van der Waals surface area contributed by atoms with Gasteiger partial charge in [0, 0.05) is 13.1 Å². The van der Waals surface area contributed by atoms with Gasteiger partial charge in [0.05, 0.1) is 5.69 Å². The molecule has 1 fully saturated rings. The second-order valence-electron chi connectivity index (χ2n) is 9.16. The summed E-state index contributed by atoms with van der Waals surface area (Å²) >= 11 is 0. The van der Waals surface area contributed by atoms with Crippen molar-refractivity contribution in [2.45, 2.75) is 68.7 Å². The highest BCUT2D eigenvalue weighted by atomic mass is 32.2. The Morgan fingerprint density at radius 3 is 2.76 bits per heavy atom. The van der Waals surface area contributed by atoms with E-state index in [0.717, 1.165) is 12.0 Å². The van der Waals surface area contributed by atoms with E-state index in [0.29, 0.717) is 50.4 Å². The largest absolute Gasteiger partial charge is 0.480 e. The Balaban J connectivity index is 1.85.